The summed E-state index contributed by atoms with van der Waals surface area (Å²) in [6, 6.07) is -1.07. The van der Waals surface area contributed by atoms with Crippen LogP contribution in [0, 0.1) is 0 Å². The molecule has 0 aromatic carbocycles. The zero-order valence-corrected chi connectivity index (χ0v) is 14.7. The van der Waals surface area contributed by atoms with Gasteiger partial charge in [0, 0.05) is 13.0 Å². The molecule has 3 amide bonds. The molecule has 1 aliphatic rings. The lowest BCUT2D eigenvalue weighted by atomic mass is 10.1. The van der Waals surface area contributed by atoms with Gasteiger partial charge in [0.1, 0.15) is 19.2 Å². The molecule has 9 nitrogen and oxygen atoms in total. The standard InChI is InChI=1S/C17H25N3O6/c1-2-18-14(21)9-8-13(16(24)19-10-15(22)23)20-17(25)26-11-12-6-4-3-5-7-12/h4,6-7,13H,2-3,5,8-11H2,1H3,(H,18,21)(H,19,24)(H,20,25)(H,22,23). The monoisotopic (exact) mass is 367 g/mol. The number of carbonyl (C=O) groups is 4. The highest BCUT2D eigenvalue weighted by molar-refractivity contribution is 5.88. The summed E-state index contributed by atoms with van der Waals surface area (Å²) in [4.78, 5) is 46.1. The number of hydrogen-bond donors (Lipinski definition) is 4. The number of nitrogens with one attached hydrogen (secondary N) is 3. The lowest BCUT2D eigenvalue weighted by Crippen LogP contribution is -2.48. The summed E-state index contributed by atoms with van der Waals surface area (Å²) in [5, 5.41) is 15.8. The van der Waals surface area contributed by atoms with E-state index in [1.807, 2.05) is 18.2 Å². The maximum absolute atomic E-state index is 12.1. The lowest BCUT2D eigenvalue weighted by molar-refractivity contribution is -0.138. The van der Waals surface area contributed by atoms with Crippen LogP contribution in [0.4, 0.5) is 4.79 Å². The van der Waals surface area contributed by atoms with E-state index in [0.717, 1.165) is 18.4 Å². The number of aliphatic carboxylic acids is 1. The van der Waals surface area contributed by atoms with Gasteiger partial charge < -0.3 is 25.8 Å². The van der Waals surface area contributed by atoms with E-state index in [2.05, 4.69) is 16.0 Å². The van der Waals surface area contributed by atoms with Crippen molar-refractivity contribution in [3.8, 4) is 0 Å². The first-order chi connectivity index (χ1) is 12.4. The van der Waals surface area contributed by atoms with Crippen molar-refractivity contribution < 1.29 is 29.0 Å². The van der Waals surface area contributed by atoms with Gasteiger partial charge >= 0.3 is 12.1 Å². The molecule has 0 saturated carbocycles. The minimum atomic E-state index is -1.21. The van der Waals surface area contributed by atoms with Crippen LogP contribution in [0.5, 0.6) is 0 Å². The van der Waals surface area contributed by atoms with Crippen LogP contribution in [-0.2, 0) is 19.1 Å². The van der Waals surface area contributed by atoms with Gasteiger partial charge in [-0.1, -0.05) is 18.2 Å². The number of allylic oxidation sites excluding steroid dienone is 2. The van der Waals surface area contributed by atoms with Gasteiger partial charge in [0.05, 0.1) is 0 Å². The molecule has 0 spiro atoms. The van der Waals surface area contributed by atoms with Crippen LogP contribution in [0.15, 0.2) is 23.8 Å². The van der Waals surface area contributed by atoms with E-state index < -0.39 is 30.6 Å². The normalized spacial score (nSPS) is 14.0. The molecule has 0 radical (unpaired) electrons. The van der Waals surface area contributed by atoms with Gasteiger partial charge in [-0.05, 0) is 31.8 Å². The molecule has 9 heteroatoms. The molecule has 1 unspecified atom stereocenters. The Bertz CT molecular complexity index is 585. The smallest absolute Gasteiger partial charge is 0.408 e. The Balaban J connectivity index is 2.54. The Hall–Kier alpha value is -2.84. The van der Waals surface area contributed by atoms with Crippen LogP contribution in [0.1, 0.15) is 32.6 Å². The summed E-state index contributed by atoms with van der Waals surface area (Å²) in [6.07, 6.45) is 6.84. The quantitative estimate of drug-likeness (QED) is 0.444. The maximum atomic E-state index is 12.1. The highest BCUT2D eigenvalue weighted by Gasteiger charge is 2.23. The van der Waals surface area contributed by atoms with Crippen LogP contribution in [0.2, 0.25) is 0 Å². The molecular formula is C17H25N3O6. The number of carbonyl (C=O) groups excluding carboxylic acids is 3. The topological polar surface area (TPSA) is 134 Å². The molecule has 0 saturated heterocycles. The summed E-state index contributed by atoms with van der Waals surface area (Å²) in [5.41, 5.74) is 0.862. The molecular weight excluding hydrogens is 342 g/mol. The zero-order valence-electron chi connectivity index (χ0n) is 14.7. The van der Waals surface area contributed by atoms with E-state index in [0.29, 0.717) is 6.54 Å². The van der Waals surface area contributed by atoms with Crippen molar-refractivity contribution >= 4 is 23.9 Å². The van der Waals surface area contributed by atoms with Gasteiger partial charge in [-0.3, -0.25) is 14.4 Å². The second kappa shape index (κ2) is 11.7. The SMILES string of the molecule is CCNC(=O)CCC(NC(=O)OCC1=CCCC=C1)C(=O)NCC(=O)O. The number of carboxylic acids is 1. The van der Waals surface area contributed by atoms with Gasteiger partial charge in [-0.15, -0.1) is 0 Å². The Morgan fingerprint density at radius 2 is 2.00 bits per heavy atom. The van der Waals surface area contributed by atoms with Crippen molar-refractivity contribution in [3.05, 3.63) is 23.8 Å². The zero-order chi connectivity index (χ0) is 19.4. The van der Waals surface area contributed by atoms with Crippen molar-refractivity contribution in [2.24, 2.45) is 0 Å². The second-order valence-corrected chi connectivity index (χ2v) is 5.64. The Morgan fingerprint density at radius 3 is 2.62 bits per heavy atom. The maximum Gasteiger partial charge on any atom is 0.408 e. The third-order valence-corrected chi connectivity index (χ3v) is 3.50. The lowest BCUT2D eigenvalue weighted by Gasteiger charge is -2.18. The fraction of sp³-hybridized carbons (Fsp3) is 0.529. The summed E-state index contributed by atoms with van der Waals surface area (Å²) in [6.45, 7) is 1.71. The van der Waals surface area contributed by atoms with Gasteiger partial charge in [-0.25, -0.2) is 4.79 Å². The molecule has 0 heterocycles. The number of hydrogen-bond acceptors (Lipinski definition) is 5. The predicted molar refractivity (Wildman–Crippen MR) is 93.3 cm³/mol. The molecule has 144 valence electrons. The van der Waals surface area contributed by atoms with E-state index in [-0.39, 0.29) is 25.4 Å². The third kappa shape index (κ3) is 8.86. The first-order valence-corrected chi connectivity index (χ1v) is 8.47. The number of rotatable bonds is 10. The highest BCUT2D eigenvalue weighted by atomic mass is 16.5. The number of amides is 3. The van der Waals surface area contributed by atoms with E-state index in [9.17, 15) is 19.2 Å². The minimum Gasteiger partial charge on any atom is -0.480 e. The van der Waals surface area contributed by atoms with Crippen molar-refractivity contribution in [3.63, 3.8) is 0 Å². The summed E-state index contributed by atoms with van der Waals surface area (Å²) in [5.74, 6) is -2.17. The van der Waals surface area contributed by atoms with Gasteiger partial charge in [0.2, 0.25) is 11.8 Å². The second-order valence-electron chi connectivity index (χ2n) is 5.64. The summed E-state index contributed by atoms with van der Waals surface area (Å²) < 4.78 is 5.08. The van der Waals surface area contributed by atoms with E-state index in [1.165, 1.54) is 0 Å². The average Bonchev–Trinajstić information content (AvgIpc) is 2.62. The molecule has 26 heavy (non-hydrogen) atoms. The van der Waals surface area contributed by atoms with Crippen molar-refractivity contribution in [1.29, 1.82) is 0 Å². The molecule has 1 aliphatic carbocycles. The Morgan fingerprint density at radius 1 is 1.23 bits per heavy atom. The largest absolute Gasteiger partial charge is 0.480 e. The van der Waals surface area contributed by atoms with Crippen LogP contribution < -0.4 is 16.0 Å². The van der Waals surface area contributed by atoms with Crippen LogP contribution in [0.3, 0.4) is 0 Å². The number of ether oxygens (including phenoxy) is 1. The molecule has 4 N–H and O–H groups in total. The fourth-order valence-electron chi connectivity index (χ4n) is 2.22. The minimum absolute atomic E-state index is 0.00711. The van der Waals surface area contributed by atoms with Crippen LogP contribution in [-0.4, -0.2) is 54.7 Å². The summed E-state index contributed by atoms with van der Waals surface area (Å²) in [7, 11) is 0. The average molecular weight is 367 g/mol. The van der Waals surface area contributed by atoms with E-state index in [1.54, 1.807) is 6.92 Å². The van der Waals surface area contributed by atoms with Gasteiger partial charge in [0.15, 0.2) is 0 Å². The first kappa shape index (κ1) is 21.2. The van der Waals surface area contributed by atoms with Gasteiger partial charge in [0.25, 0.3) is 0 Å². The Kier molecular flexibility index (Phi) is 9.52. The molecule has 1 atom stereocenters. The Labute approximate surface area is 151 Å². The fourth-order valence-corrected chi connectivity index (χ4v) is 2.22. The van der Waals surface area contributed by atoms with Crippen LogP contribution >= 0.6 is 0 Å². The first-order valence-electron chi connectivity index (χ1n) is 8.47. The van der Waals surface area contributed by atoms with Crippen molar-refractivity contribution in [2.45, 2.75) is 38.6 Å². The molecule has 0 bridgehead atoms. The molecule has 0 aromatic rings. The highest BCUT2D eigenvalue weighted by Crippen LogP contribution is 2.09. The summed E-state index contributed by atoms with van der Waals surface area (Å²) >= 11 is 0. The predicted octanol–water partition coefficient (Wildman–Crippen LogP) is 0.475. The molecule has 0 aromatic heterocycles. The number of alkyl carbamates (subject to hydrolysis) is 1. The number of carboxylic acid groups (broad SMARTS) is 1. The third-order valence-electron chi connectivity index (χ3n) is 3.50. The van der Waals surface area contributed by atoms with E-state index in [4.69, 9.17) is 9.84 Å². The van der Waals surface area contributed by atoms with Gasteiger partial charge in [-0.2, -0.15) is 0 Å². The molecule has 0 fully saturated rings. The molecule has 0 aliphatic heterocycles. The van der Waals surface area contributed by atoms with Crippen LogP contribution in [0.25, 0.3) is 0 Å². The van der Waals surface area contributed by atoms with E-state index >= 15 is 0 Å². The van der Waals surface area contributed by atoms with Crippen molar-refractivity contribution in [2.75, 3.05) is 19.7 Å². The molecule has 1 rings (SSSR count). The van der Waals surface area contributed by atoms with Crippen molar-refractivity contribution in [1.82, 2.24) is 16.0 Å².